The molecule has 0 aliphatic carbocycles. The van der Waals surface area contributed by atoms with Gasteiger partial charge in [0, 0.05) is 22.6 Å². The minimum absolute atomic E-state index is 0.190. The summed E-state index contributed by atoms with van der Waals surface area (Å²) in [5, 5.41) is 13.8. The molecule has 118 valence electrons. The van der Waals surface area contributed by atoms with Gasteiger partial charge in [0.15, 0.2) is 0 Å². The number of halogens is 2. The van der Waals surface area contributed by atoms with Gasteiger partial charge in [-0.2, -0.15) is 0 Å². The van der Waals surface area contributed by atoms with Gasteiger partial charge in [-0.05, 0) is 53.4 Å². The maximum absolute atomic E-state index is 9.92. The van der Waals surface area contributed by atoms with Crippen LogP contribution in [0.2, 0.25) is 5.02 Å². The summed E-state index contributed by atoms with van der Waals surface area (Å²) in [4.78, 5) is 0. The van der Waals surface area contributed by atoms with Crippen molar-refractivity contribution in [1.29, 1.82) is 0 Å². The zero-order valence-electron chi connectivity index (χ0n) is 12.1. The monoisotopic (exact) mass is 377 g/mol. The molecule has 2 rings (SSSR count). The molecule has 1 aromatic rings. The van der Waals surface area contributed by atoms with Crippen LogP contribution in [-0.2, 0) is 9.47 Å². The summed E-state index contributed by atoms with van der Waals surface area (Å²) in [5.74, 6) is 0. The number of nitrogens with one attached hydrogen (secondary N) is 1. The van der Waals surface area contributed by atoms with E-state index in [4.69, 9.17) is 21.1 Å². The van der Waals surface area contributed by atoms with Gasteiger partial charge < -0.3 is 19.9 Å². The van der Waals surface area contributed by atoms with E-state index in [1.165, 1.54) is 0 Å². The number of hydrogen-bond acceptors (Lipinski definition) is 4. The van der Waals surface area contributed by atoms with E-state index in [-0.39, 0.29) is 6.10 Å². The van der Waals surface area contributed by atoms with Gasteiger partial charge >= 0.3 is 0 Å². The van der Waals surface area contributed by atoms with Crippen LogP contribution in [0.3, 0.4) is 0 Å². The summed E-state index contributed by atoms with van der Waals surface area (Å²) >= 11 is 9.57. The smallest absolute Gasteiger partial charge is 0.0945 e. The van der Waals surface area contributed by atoms with E-state index in [0.717, 1.165) is 35.2 Å². The zero-order chi connectivity index (χ0) is 15.2. The van der Waals surface area contributed by atoms with Gasteiger partial charge in [-0.3, -0.25) is 0 Å². The van der Waals surface area contributed by atoms with E-state index >= 15 is 0 Å². The second kappa shape index (κ2) is 8.34. The number of rotatable bonds is 7. The molecule has 1 aliphatic heterocycles. The number of aryl methyl sites for hydroxylation is 1. The molecule has 0 amide bonds. The van der Waals surface area contributed by atoms with Gasteiger partial charge in [0.1, 0.15) is 0 Å². The summed E-state index contributed by atoms with van der Waals surface area (Å²) in [6, 6.07) is 3.80. The van der Waals surface area contributed by atoms with Crippen LogP contribution in [0.15, 0.2) is 16.6 Å². The van der Waals surface area contributed by atoms with Crippen molar-refractivity contribution < 1.29 is 14.6 Å². The summed E-state index contributed by atoms with van der Waals surface area (Å²) in [6.07, 6.45) is 1.76. The molecule has 2 atom stereocenters. The van der Waals surface area contributed by atoms with E-state index < -0.39 is 6.10 Å². The van der Waals surface area contributed by atoms with Crippen LogP contribution < -0.4 is 5.32 Å². The van der Waals surface area contributed by atoms with Crippen molar-refractivity contribution in [3.63, 3.8) is 0 Å². The Balaban J connectivity index is 1.70. The molecule has 0 saturated carbocycles. The Morgan fingerprint density at radius 2 is 2.38 bits per heavy atom. The van der Waals surface area contributed by atoms with Crippen LogP contribution in [0.5, 0.6) is 0 Å². The van der Waals surface area contributed by atoms with Gasteiger partial charge in [0.05, 0.1) is 31.1 Å². The lowest BCUT2D eigenvalue weighted by Crippen LogP contribution is -2.27. The fourth-order valence-corrected chi connectivity index (χ4v) is 2.94. The molecule has 0 aromatic heterocycles. The maximum Gasteiger partial charge on any atom is 0.0945 e. The third-order valence-corrected chi connectivity index (χ3v) is 4.48. The first-order valence-electron chi connectivity index (χ1n) is 7.13. The van der Waals surface area contributed by atoms with Crippen molar-refractivity contribution in [2.45, 2.75) is 32.0 Å². The molecule has 2 N–H and O–H groups in total. The Kier molecular flexibility index (Phi) is 6.76. The lowest BCUT2D eigenvalue weighted by molar-refractivity contribution is -0.0137. The first-order valence-corrected chi connectivity index (χ1v) is 8.30. The molecule has 0 bridgehead atoms. The van der Waals surface area contributed by atoms with Crippen LogP contribution in [0.4, 0.5) is 5.69 Å². The van der Waals surface area contributed by atoms with Crippen molar-refractivity contribution in [2.24, 2.45) is 0 Å². The summed E-state index contributed by atoms with van der Waals surface area (Å²) in [5.41, 5.74) is 1.87. The van der Waals surface area contributed by atoms with E-state index in [0.29, 0.717) is 24.8 Å². The van der Waals surface area contributed by atoms with Crippen molar-refractivity contribution in [3.8, 4) is 0 Å². The molecule has 21 heavy (non-hydrogen) atoms. The van der Waals surface area contributed by atoms with Crippen LogP contribution >= 0.6 is 27.5 Å². The van der Waals surface area contributed by atoms with Crippen LogP contribution in [0.1, 0.15) is 18.4 Å². The Labute approximate surface area is 138 Å². The number of benzene rings is 1. The number of aliphatic hydroxyl groups excluding tert-OH is 1. The topological polar surface area (TPSA) is 50.7 Å². The highest BCUT2D eigenvalue weighted by molar-refractivity contribution is 9.10. The van der Waals surface area contributed by atoms with Gasteiger partial charge in [0.2, 0.25) is 0 Å². The number of hydrogen-bond donors (Lipinski definition) is 2. The summed E-state index contributed by atoms with van der Waals surface area (Å²) in [7, 11) is 0. The lowest BCUT2D eigenvalue weighted by atomic mass is 10.2. The maximum atomic E-state index is 9.92. The third kappa shape index (κ3) is 5.42. The second-order valence-corrected chi connectivity index (χ2v) is 6.55. The van der Waals surface area contributed by atoms with Crippen molar-refractivity contribution in [2.75, 3.05) is 31.7 Å². The third-order valence-electron chi connectivity index (χ3n) is 3.41. The first kappa shape index (κ1) is 17.0. The SMILES string of the molecule is Cc1cc(Br)c(NCC(O)COCC2CCCO2)cc1Cl. The van der Waals surface area contributed by atoms with Crippen molar-refractivity contribution >= 4 is 33.2 Å². The Bertz CT molecular complexity index is 466. The summed E-state index contributed by atoms with van der Waals surface area (Å²) < 4.78 is 11.9. The molecule has 2 unspecified atom stereocenters. The first-order chi connectivity index (χ1) is 10.1. The Morgan fingerprint density at radius 3 is 3.10 bits per heavy atom. The molecule has 1 saturated heterocycles. The van der Waals surface area contributed by atoms with Crippen LogP contribution in [0, 0.1) is 6.92 Å². The predicted octanol–water partition coefficient (Wildman–Crippen LogP) is 3.38. The van der Waals surface area contributed by atoms with Gasteiger partial charge in [-0.25, -0.2) is 0 Å². The van der Waals surface area contributed by atoms with E-state index in [1.807, 2.05) is 19.1 Å². The van der Waals surface area contributed by atoms with E-state index in [2.05, 4.69) is 21.2 Å². The van der Waals surface area contributed by atoms with E-state index in [1.54, 1.807) is 0 Å². The molecule has 0 spiro atoms. The standard InChI is InChI=1S/C15H21BrClNO3/c1-10-5-13(16)15(6-14(10)17)18-7-11(19)8-20-9-12-3-2-4-21-12/h5-6,11-12,18-19H,2-4,7-9H2,1H3. The van der Waals surface area contributed by atoms with Crippen molar-refractivity contribution in [3.05, 3.63) is 27.2 Å². The van der Waals surface area contributed by atoms with Gasteiger partial charge in [-0.15, -0.1) is 0 Å². The average molecular weight is 379 g/mol. The molecule has 1 aliphatic rings. The molecule has 1 heterocycles. The van der Waals surface area contributed by atoms with E-state index in [9.17, 15) is 5.11 Å². The van der Waals surface area contributed by atoms with Gasteiger partial charge in [0.25, 0.3) is 0 Å². The lowest BCUT2D eigenvalue weighted by Gasteiger charge is -2.16. The number of anilines is 1. The molecule has 6 heteroatoms. The minimum atomic E-state index is -0.571. The fourth-order valence-electron chi connectivity index (χ4n) is 2.18. The number of ether oxygens (including phenoxy) is 2. The minimum Gasteiger partial charge on any atom is -0.389 e. The van der Waals surface area contributed by atoms with Gasteiger partial charge in [-0.1, -0.05) is 11.6 Å². The summed E-state index contributed by atoms with van der Waals surface area (Å²) in [6.45, 7) is 4.02. The zero-order valence-corrected chi connectivity index (χ0v) is 14.4. The predicted molar refractivity (Wildman–Crippen MR) is 88.2 cm³/mol. The number of aliphatic hydroxyl groups is 1. The molecule has 4 nitrogen and oxygen atoms in total. The highest BCUT2D eigenvalue weighted by Gasteiger charge is 2.16. The highest BCUT2D eigenvalue weighted by atomic mass is 79.9. The normalized spacial score (nSPS) is 19.7. The Morgan fingerprint density at radius 1 is 1.57 bits per heavy atom. The molecule has 0 radical (unpaired) electrons. The fraction of sp³-hybridized carbons (Fsp3) is 0.600. The largest absolute Gasteiger partial charge is 0.389 e. The molecular weight excluding hydrogens is 358 g/mol. The van der Waals surface area contributed by atoms with Crippen molar-refractivity contribution in [1.82, 2.24) is 0 Å². The molecule has 1 aromatic carbocycles. The molecule has 1 fully saturated rings. The highest BCUT2D eigenvalue weighted by Crippen LogP contribution is 2.29. The second-order valence-electron chi connectivity index (χ2n) is 5.29. The molecular formula is C15H21BrClNO3. The average Bonchev–Trinajstić information content (AvgIpc) is 2.94. The quantitative estimate of drug-likeness (QED) is 0.764. The van der Waals surface area contributed by atoms with Crippen LogP contribution in [0.25, 0.3) is 0 Å². The Hall–Kier alpha value is -0.330. The van der Waals surface area contributed by atoms with Crippen LogP contribution in [-0.4, -0.2) is 43.7 Å².